The molecule has 0 amide bonds. The van der Waals surface area contributed by atoms with Crippen LogP contribution in [0, 0.1) is 0 Å². The molecule has 0 rings (SSSR count). The molecule has 3 N–H and O–H groups in total. The third-order valence-electron chi connectivity index (χ3n) is 0.524. The van der Waals surface area contributed by atoms with Crippen molar-refractivity contribution in [1.29, 1.82) is 0 Å². The summed E-state index contributed by atoms with van der Waals surface area (Å²) in [6.07, 6.45) is 2.50. The van der Waals surface area contributed by atoms with E-state index >= 15 is 0 Å². The van der Waals surface area contributed by atoms with Gasteiger partial charge in [-0.05, 0) is 0 Å². The number of rotatable bonds is 3. The predicted molar refractivity (Wildman–Crippen MR) is 80.4 cm³/mol. The minimum absolute atomic E-state index is 0.630. The van der Waals surface area contributed by atoms with E-state index in [4.69, 9.17) is 15.3 Å². The Kier molecular flexibility index (Phi) is 23.4. The number of hydrogen-bond acceptors (Lipinski definition) is 3. The van der Waals surface area contributed by atoms with E-state index in [1.165, 1.54) is 22.5 Å². The third kappa shape index (κ3) is 199. The van der Waals surface area contributed by atoms with Crippen molar-refractivity contribution in [3.05, 3.63) is 38.0 Å². The van der Waals surface area contributed by atoms with Crippen LogP contribution in [0.5, 0.6) is 0 Å². The number of carbonyl (C=O) groups is 3. The van der Waals surface area contributed by atoms with Crippen LogP contribution >= 0.6 is 0 Å². The van der Waals surface area contributed by atoms with E-state index in [-0.39, 0.29) is 0 Å². The summed E-state index contributed by atoms with van der Waals surface area (Å²) >= 11 is 1.36. The fourth-order valence-corrected chi connectivity index (χ4v) is 0. The van der Waals surface area contributed by atoms with Crippen LogP contribution in [0.2, 0.25) is 3.43 Å². The fourth-order valence-electron chi connectivity index (χ4n) is 0. The average molecular weight is 393 g/mol. The Morgan fingerprint density at radius 1 is 0.800 bits per heavy atom. The molecule has 0 aliphatic heterocycles. The van der Waals surface area contributed by atoms with Gasteiger partial charge in [0.05, 0.1) is 0 Å². The van der Waals surface area contributed by atoms with Gasteiger partial charge >= 0.3 is 64.6 Å². The van der Waals surface area contributed by atoms with Crippen LogP contribution in [0.4, 0.5) is 0 Å². The van der Waals surface area contributed by atoms with Crippen LogP contribution in [-0.2, 0) is 14.4 Å². The van der Waals surface area contributed by atoms with Gasteiger partial charge in [-0.3, -0.25) is 0 Å². The van der Waals surface area contributed by atoms with Crippen LogP contribution < -0.4 is 0 Å². The first-order valence-corrected chi connectivity index (χ1v) is 6.81. The zero-order valence-corrected chi connectivity index (χ0v) is 15.3. The number of carboxylic acids is 3. The molecule has 0 unspecified atom stereocenters. The maximum atomic E-state index is 9.25. The Bertz CT molecular complexity index is 279. The van der Waals surface area contributed by atoms with Crippen molar-refractivity contribution in [2.75, 3.05) is 0 Å². The molecule has 0 saturated carbocycles. The van der Waals surface area contributed by atoms with E-state index in [1.54, 1.807) is 0 Å². The van der Waals surface area contributed by atoms with Crippen LogP contribution in [0.1, 0.15) is 20.8 Å². The first-order chi connectivity index (χ1) is 8.81. The Hall–Kier alpha value is -1.57. The molecule has 0 atom stereocenters. The molecule has 0 aliphatic rings. The number of aliphatic carboxylic acids is 3. The van der Waals surface area contributed by atoms with Crippen LogP contribution in [0.25, 0.3) is 0 Å². The second-order valence-electron chi connectivity index (χ2n) is 3.99. The van der Waals surface area contributed by atoms with Gasteiger partial charge in [0.1, 0.15) is 0 Å². The van der Waals surface area contributed by atoms with Gasteiger partial charge in [0, 0.05) is 18.2 Å². The van der Waals surface area contributed by atoms with E-state index in [0.29, 0.717) is 3.43 Å². The van der Waals surface area contributed by atoms with Gasteiger partial charge in [0.2, 0.25) is 0 Å². The van der Waals surface area contributed by atoms with Gasteiger partial charge in [-0.25, -0.2) is 14.4 Å². The summed E-state index contributed by atoms with van der Waals surface area (Å²) in [6, 6.07) is 0. The van der Waals surface area contributed by atoms with Crippen molar-refractivity contribution in [3.8, 4) is 0 Å². The summed E-state index contributed by atoms with van der Waals surface area (Å²) in [5.41, 5.74) is 0. The monoisotopic (exact) mass is 394 g/mol. The molecule has 6 nitrogen and oxygen atoms in total. The van der Waals surface area contributed by atoms with Gasteiger partial charge < -0.3 is 15.3 Å². The first kappa shape index (κ1) is 26.9. The quantitative estimate of drug-likeness (QED) is 0.499. The molecule has 20 heavy (non-hydrogen) atoms. The number of hydrogen-bond donors (Lipinski definition) is 3. The van der Waals surface area contributed by atoms with Crippen molar-refractivity contribution in [3.63, 3.8) is 0 Å². The first-order valence-electron chi connectivity index (χ1n) is 5.16. The van der Waals surface area contributed by atoms with Crippen LogP contribution in [-0.4, -0.2) is 55.8 Å². The van der Waals surface area contributed by atoms with Gasteiger partial charge in [-0.15, -0.1) is 0 Å². The predicted octanol–water partition coefficient (Wildman–Crippen LogP) is 1.88. The molecule has 7 heteroatoms. The average Bonchev–Trinajstić information content (AvgIpc) is 2.28. The van der Waals surface area contributed by atoms with Crippen molar-refractivity contribution in [1.82, 2.24) is 0 Å². The maximum absolute atomic E-state index is 9.25. The zero-order chi connectivity index (χ0) is 17.4. The number of carboxylic acid groups (broad SMARTS) is 3. The van der Waals surface area contributed by atoms with Crippen LogP contribution in [0.3, 0.4) is 0 Å². The topological polar surface area (TPSA) is 112 Å². The van der Waals surface area contributed by atoms with E-state index in [2.05, 4.69) is 40.5 Å². The van der Waals surface area contributed by atoms with Crippen molar-refractivity contribution >= 4 is 40.4 Å². The molecule has 0 aromatic heterocycles. The van der Waals surface area contributed by atoms with Crippen molar-refractivity contribution in [2.24, 2.45) is 0 Å². The molecular formula is C13H22O6Sn. The molecule has 0 aromatic rings. The molecule has 0 fully saturated rings. The van der Waals surface area contributed by atoms with Gasteiger partial charge in [-0.1, -0.05) is 19.7 Å². The third-order valence-corrected chi connectivity index (χ3v) is 0.524. The summed E-state index contributed by atoms with van der Waals surface area (Å²) < 4.78 is 0.630. The van der Waals surface area contributed by atoms with Gasteiger partial charge in [-0.2, -0.15) is 0 Å². The Labute approximate surface area is 132 Å². The molecular weight excluding hydrogens is 371 g/mol. The zero-order valence-electron chi connectivity index (χ0n) is 12.0. The fraction of sp³-hybridized carbons (Fsp3) is 0.308. The minimum atomic E-state index is -0.981. The summed E-state index contributed by atoms with van der Waals surface area (Å²) in [6.45, 7) is 15.6. The molecule has 114 valence electrons. The summed E-state index contributed by atoms with van der Waals surface area (Å²) in [5.74, 6) is -2.94. The molecule has 0 bridgehead atoms. The second-order valence-corrected chi connectivity index (χ2v) is 8.94. The molecule has 0 saturated heterocycles. The summed E-state index contributed by atoms with van der Waals surface area (Å²) in [7, 11) is 0. The molecule has 0 heterocycles. The molecule has 2 radical (unpaired) electrons. The van der Waals surface area contributed by atoms with Crippen molar-refractivity contribution in [2.45, 2.75) is 24.2 Å². The van der Waals surface area contributed by atoms with E-state index < -0.39 is 17.9 Å². The SMILES string of the molecule is C=CC(=O)O.C=CC(=O)O.C=CC(=O)O.C[C](C)(C)[SnH]. The second kappa shape index (κ2) is 17.4. The standard InChI is InChI=1S/C4H9.3C3H4O2.Sn.H/c1-4(2)3;3*1-2-3(4)5;;/h1-3H3;3*2H,1H2,(H,4,5);;. The Balaban J connectivity index is -0.0000000853. The Morgan fingerprint density at radius 2 is 0.850 bits per heavy atom. The Morgan fingerprint density at radius 3 is 0.850 bits per heavy atom. The van der Waals surface area contributed by atoms with E-state index in [9.17, 15) is 14.4 Å². The van der Waals surface area contributed by atoms with Gasteiger partial charge in [0.25, 0.3) is 0 Å². The van der Waals surface area contributed by atoms with Gasteiger partial charge in [0.15, 0.2) is 0 Å². The summed E-state index contributed by atoms with van der Waals surface area (Å²) in [5, 5.41) is 22.8. The summed E-state index contributed by atoms with van der Waals surface area (Å²) in [4.78, 5) is 27.8. The van der Waals surface area contributed by atoms with Crippen LogP contribution in [0.15, 0.2) is 38.0 Å². The van der Waals surface area contributed by atoms with Crippen molar-refractivity contribution < 1.29 is 29.7 Å². The van der Waals surface area contributed by atoms with E-state index in [0.717, 1.165) is 18.2 Å². The normalized spacial score (nSPS) is 7.80. The molecule has 0 spiro atoms. The molecule has 0 aromatic carbocycles. The molecule has 0 aliphatic carbocycles. The van der Waals surface area contributed by atoms with E-state index in [1.807, 2.05) is 0 Å².